The van der Waals surface area contributed by atoms with Crippen LogP contribution in [0.25, 0.3) is 10.9 Å². The highest BCUT2D eigenvalue weighted by Crippen LogP contribution is 2.12. The maximum atomic E-state index is 11.9. The number of ether oxygens (including phenoxy) is 2. The molecule has 2 heterocycles. The standard InChI is InChI=1S/C16H21N3O3/c20-15-13-4-1-2-5-14(13)18-16(19-15)17-7-3-8-21-10-12-6-9-22-11-12/h1-2,4-5,12H,3,6-11H2,(H2,17,18,19,20). The minimum Gasteiger partial charge on any atom is -0.381 e. The van der Waals surface area contributed by atoms with Crippen molar-refractivity contribution in [2.24, 2.45) is 5.92 Å². The second-order valence-corrected chi connectivity index (χ2v) is 5.52. The number of para-hydroxylation sites is 1. The van der Waals surface area contributed by atoms with Crippen molar-refractivity contribution in [3.05, 3.63) is 34.6 Å². The fraction of sp³-hybridized carbons (Fsp3) is 0.500. The van der Waals surface area contributed by atoms with Crippen LogP contribution in [0.4, 0.5) is 5.95 Å². The van der Waals surface area contributed by atoms with Crippen molar-refractivity contribution >= 4 is 16.9 Å². The average molecular weight is 303 g/mol. The predicted octanol–water partition coefficient (Wildman–Crippen LogP) is 1.78. The highest BCUT2D eigenvalue weighted by molar-refractivity contribution is 5.78. The summed E-state index contributed by atoms with van der Waals surface area (Å²) < 4.78 is 10.9. The number of hydrogen-bond acceptors (Lipinski definition) is 5. The van der Waals surface area contributed by atoms with Gasteiger partial charge in [-0.2, -0.15) is 0 Å². The SMILES string of the molecule is O=c1[nH]c(NCCCOCC2CCOC2)nc2ccccc12. The van der Waals surface area contributed by atoms with Gasteiger partial charge in [-0.25, -0.2) is 4.98 Å². The van der Waals surface area contributed by atoms with Crippen LogP contribution in [0.5, 0.6) is 0 Å². The van der Waals surface area contributed by atoms with Gasteiger partial charge in [0.25, 0.3) is 5.56 Å². The molecule has 1 fully saturated rings. The van der Waals surface area contributed by atoms with Crippen molar-refractivity contribution in [2.75, 3.05) is 38.3 Å². The van der Waals surface area contributed by atoms with Gasteiger partial charge < -0.3 is 14.8 Å². The molecule has 3 rings (SSSR count). The smallest absolute Gasteiger partial charge is 0.260 e. The summed E-state index contributed by atoms with van der Waals surface area (Å²) in [6.07, 6.45) is 1.96. The van der Waals surface area contributed by atoms with Crippen molar-refractivity contribution in [1.82, 2.24) is 9.97 Å². The molecule has 0 aliphatic carbocycles. The van der Waals surface area contributed by atoms with E-state index in [0.717, 1.165) is 32.7 Å². The van der Waals surface area contributed by atoms with E-state index < -0.39 is 0 Å². The summed E-state index contributed by atoms with van der Waals surface area (Å²) in [6, 6.07) is 7.31. The number of aromatic nitrogens is 2. The van der Waals surface area contributed by atoms with Crippen LogP contribution < -0.4 is 10.9 Å². The van der Waals surface area contributed by atoms with Gasteiger partial charge in [0.1, 0.15) is 0 Å². The predicted molar refractivity (Wildman–Crippen MR) is 85.2 cm³/mol. The van der Waals surface area contributed by atoms with Crippen molar-refractivity contribution in [3.8, 4) is 0 Å². The van der Waals surface area contributed by atoms with E-state index in [9.17, 15) is 4.79 Å². The van der Waals surface area contributed by atoms with Gasteiger partial charge in [-0.3, -0.25) is 9.78 Å². The third-order valence-electron chi connectivity index (χ3n) is 3.75. The van der Waals surface area contributed by atoms with Crippen LogP contribution in [0, 0.1) is 5.92 Å². The van der Waals surface area contributed by atoms with Gasteiger partial charge in [0.05, 0.1) is 24.1 Å². The Hall–Kier alpha value is -1.92. The van der Waals surface area contributed by atoms with Gasteiger partial charge in [0.2, 0.25) is 5.95 Å². The Morgan fingerprint density at radius 1 is 1.41 bits per heavy atom. The first-order valence-electron chi connectivity index (χ1n) is 7.71. The molecule has 0 spiro atoms. The molecule has 2 aromatic rings. The Bertz CT molecular complexity index is 665. The number of anilines is 1. The fourth-order valence-corrected chi connectivity index (χ4v) is 2.52. The van der Waals surface area contributed by atoms with Crippen molar-refractivity contribution in [3.63, 3.8) is 0 Å². The van der Waals surface area contributed by atoms with E-state index in [4.69, 9.17) is 9.47 Å². The summed E-state index contributed by atoms with van der Waals surface area (Å²) in [5.74, 6) is 1.05. The Morgan fingerprint density at radius 2 is 2.32 bits per heavy atom. The normalized spacial score (nSPS) is 17.9. The Kier molecular flexibility index (Phi) is 5.03. The minimum atomic E-state index is -0.120. The van der Waals surface area contributed by atoms with Crippen LogP contribution in [-0.4, -0.2) is 42.9 Å². The molecule has 0 saturated carbocycles. The number of hydrogen-bond donors (Lipinski definition) is 2. The van der Waals surface area contributed by atoms with Crippen LogP contribution in [0.3, 0.4) is 0 Å². The fourth-order valence-electron chi connectivity index (χ4n) is 2.52. The lowest BCUT2D eigenvalue weighted by Gasteiger charge is -2.09. The number of fused-ring (bicyclic) bond motifs is 1. The second-order valence-electron chi connectivity index (χ2n) is 5.52. The number of nitrogens with one attached hydrogen (secondary N) is 2. The minimum absolute atomic E-state index is 0.120. The molecule has 1 aromatic heterocycles. The molecule has 6 heteroatoms. The molecule has 118 valence electrons. The zero-order valence-electron chi connectivity index (χ0n) is 12.5. The van der Waals surface area contributed by atoms with Gasteiger partial charge in [-0.15, -0.1) is 0 Å². The number of aromatic amines is 1. The molecule has 22 heavy (non-hydrogen) atoms. The van der Waals surface area contributed by atoms with Crippen LogP contribution in [0.15, 0.2) is 29.1 Å². The largest absolute Gasteiger partial charge is 0.381 e. The highest BCUT2D eigenvalue weighted by Gasteiger charge is 2.15. The third kappa shape index (κ3) is 3.84. The number of H-pyrrole nitrogens is 1. The Balaban J connectivity index is 1.42. The monoisotopic (exact) mass is 303 g/mol. The Morgan fingerprint density at radius 3 is 3.18 bits per heavy atom. The molecule has 1 aromatic carbocycles. The van der Waals surface area contributed by atoms with E-state index in [2.05, 4.69) is 15.3 Å². The van der Waals surface area contributed by atoms with E-state index in [-0.39, 0.29) is 5.56 Å². The summed E-state index contributed by atoms with van der Waals surface area (Å²) >= 11 is 0. The lowest BCUT2D eigenvalue weighted by Crippen LogP contribution is -2.15. The van der Waals surface area contributed by atoms with Crippen molar-refractivity contribution in [1.29, 1.82) is 0 Å². The van der Waals surface area contributed by atoms with E-state index in [1.807, 2.05) is 18.2 Å². The molecular formula is C16H21N3O3. The lowest BCUT2D eigenvalue weighted by molar-refractivity contribution is 0.0897. The summed E-state index contributed by atoms with van der Waals surface area (Å²) in [6.45, 7) is 3.85. The van der Waals surface area contributed by atoms with E-state index in [1.54, 1.807) is 6.07 Å². The summed E-state index contributed by atoms with van der Waals surface area (Å²) in [5, 5.41) is 3.74. The maximum absolute atomic E-state index is 11.9. The molecular weight excluding hydrogens is 282 g/mol. The first-order chi connectivity index (χ1) is 10.8. The molecule has 0 bridgehead atoms. The van der Waals surface area contributed by atoms with Crippen LogP contribution in [-0.2, 0) is 9.47 Å². The van der Waals surface area contributed by atoms with E-state index >= 15 is 0 Å². The topological polar surface area (TPSA) is 76.2 Å². The lowest BCUT2D eigenvalue weighted by atomic mass is 10.1. The molecule has 1 unspecified atom stereocenters. The molecule has 1 saturated heterocycles. The summed E-state index contributed by atoms with van der Waals surface area (Å²) in [5.41, 5.74) is 0.580. The quantitative estimate of drug-likeness (QED) is 0.763. The third-order valence-corrected chi connectivity index (χ3v) is 3.75. The summed E-state index contributed by atoms with van der Waals surface area (Å²) in [4.78, 5) is 19.1. The number of nitrogens with zero attached hydrogens (tertiary/aromatic N) is 1. The van der Waals surface area contributed by atoms with E-state index in [1.165, 1.54) is 0 Å². The summed E-state index contributed by atoms with van der Waals surface area (Å²) in [7, 11) is 0. The highest BCUT2D eigenvalue weighted by atomic mass is 16.5. The molecule has 1 aliphatic heterocycles. The molecule has 0 radical (unpaired) electrons. The zero-order valence-corrected chi connectivity index (χ0v) is 12.5. The van der Waals surface area contributed by atoms with Gasteiger partial charge in [0.15, 0.2) is 0 Å². The second kappa shape index (κ2) is 7.38. The molecule has 6 nitrogen and oxygen atoms in total. The van der Waals surface area contributed by atoms with E-state index in [0.29, 0.717) is 35.9 Å². The maximum Gasteiger partial charge on any atom is 0.260 e. The van der Waals surface area contributed by atoms with Crippen molar-refractivity contribution in [2.45, 2.75) is 12.8 Å². The zero-order chi connectivity index (χ0) is 15.2. The van der Waals surface area contributed by atoms with Gasteiger partial charge >= 0.3 is 0 Å². The molecule has 1 atom stereocenters. The van der Waals surface area contributed by atoms with Gasteiger partial charge in [0, 0.05) is 25.7 Å². The van der Waals surface area contributed by atoms with Gasteiger partial charge in [-0.1, -0.05) is 12.1 Å². The first-order valence-corrected chi connectivity index (χ1v) is 7.71. The van der Waals surface area contributed by atoms with Crippen LogP contribution >= 0.6 is 0 Å². The first kappa shape index (κ1) is 15.0. The van der Waals surface area contributed by atoms with Crippen LogP contribution in [0.1, 0.15) is 12.8 Å². The average Bonchev–Trinajstić information content (AvgIpc) is 3.04. The molecule has 0 amide bonds. The van der Waals surface area contributed by atoms with Crippen molar-refractivity contribution < 1.29 is 9.47 Å². The number of rotatable bonds is 7. The Labute approximate surface area is 128 Å². The molecule has 1 aliphatic rings. The molecule has 2 N–H and O–H groups in total. The number of benzene rings is 1. The van der Waals surface area contributed by atoms with Crippen LogP contribution in [0.2, 0.25) is 0 Å². The van der Waals surface area contributed by atoms with Gasteiger partial charge in [-0.05, 0) is 25.0 Å².